The van der Waals surface area contributed by atoms with E-state index < -0.39 is 0 Å². The summed E-state index contributed by atoms with van der Waals surface area (Å²) in [5.74, 6) is 0. The molecule has 14 heavy (non-hydrogen) atoms. The molecular formula is C10H20N4. The van der Waals surface area contributed by atoms with Gasteiger partial charge in [0.1, 0.15) is 0 Å². The Bertz CT molecular complexity index is 230. The van der Waals surface area contributed by atoms with Gasteiger partial charge >= 0.3 is 0 Å². The van der Waals surface area contributed by atoms with Crippen LogP contribution in [0.2, 0.25) is 0 Å². The Morgan fingerprint density at radius 3 is 2.93 bits per heavy atom. The fourth-order valence-corrected chi connectivity index (χ4v) is 1.29. The predicted molar refractivity (Wildman–Crippen MR) is 58.1 cm³/mol. The lowest BCUT2D eigenvalue weighted by atomic mass is 10.4. The van der Waals surface area contributed by atoms with Gasteiger partial charge in [0, 0.05) is 37.6 Å². The summed E-state index contributed by atoms with van der Waals surface area (Å²) in [6.07, 6.45) is 3.59. The van der Waals surface area contributed by atoms with Crippen molar-refractivity contribution in [1.82, 2.24) is 20.2 Å². The van der Waals surface area contributed by atoms with Gasteiger partial charge in [0.2, 0.25) is 0 Å². The van der Waals surface area contributed by atoms with Crippen molar-refractivity contribution in [1.29, 1.82) is 0 Å². The molecule has 0 atom stereocenters. The van der Waals surface area contributed by atoms with Gasteiger partial charge in [-0.25, -0.2) is 4.98 Å². The first kappa shape index (κ1) is 11.2. The molecule has 1 heterocycles. The number of aromatic nitrogens is 2. The Hall–Kier alpha value is -0.870. The Labute approximate surface area is 85.7 Å². The molecule has 0 unspecified atom stereocenters. The van der Waals surface area contributed by atoms with Crippen molar-refractivity contribution in [2.45, 2.75) is 26.4 Å². The van der Waals surface area contributed by atoms with E-state index in [1.165, 1.54) is 0 Å². The van der Waals surface area contributed by atoms with Crippen molar-refractivity contribution in [2.24, 2.45) is 0 Å². The number of aromatic amines is 1. The van der Waals surface area contributed by atoms with Gasteiger partial charge in [-0.1, -0.05) is 13.8 Å². The normalized spacial score (nSPS) is 11.5. The average Bonchev–Trinajstić information content (AvgIpc) is 2.56. The second-order valence-corrected chi connectivity index (χ2v) is 3.92. The molecular weight excluding hydrogens is 176 g/mol. The van der Waals surface area contributed by atoms with E-state index in [4.69, 9.17) is 0 Å². The SMILES string of the molecule is CC(C)NCCN(C)Cc1cnc[nH]1. The maximum atomic E-state index is 3.99. The Morgan fingerprint density at radius 2 is 2.36 bits per heavy atom. The van der Waals surface area contributed by atoms with Crippen molar-refractivity contribution in [3.05, 3.63) is 18.2 Å². The smallest absolute Gasteiger partial charge is 0.0922 e. The molecule has 0 saturated heterocycles. The summed E-state index contributed by atoms with van der Waals surface area (Å²) >= 11 is 0. The molecule has 0 bridgehead atoms. The highest BCUT2D eigenvalue weighted by atomic mass is 15.1. The molecule has 0 aliphatic heterocycles. The van der Waals surface area contributed by atoms with Crippen LogP contribution >= 0.6 is 0 Å². The molecule has 80 valence electrons. The average molecular weight is 196 g/mol. The van der Waals surface area contributed by atoms with E-state index in [0.717, 1.165) is 25.3 Å². The Morgan fingerprint density at radius 1 is 1.57 bits per heavy atom. The summed E-state index contributed by atoms with van der Waals surface area (Å²) in [6, 6.07) is 0.565. The van der Waals surface area contributed by atoms with Crippen LogP contribution in [0.3, 0.4) is 0 Å². The molecule has 4 heteroatoms. The standard InChI is InChI=1S/C10H20N4/c1-9(2)12-4-5-14(3)7-10-6-11-8-13-10/h6,8-9,12H,4-5,7H2,1-3H3,(H,11,13). The van der Waals surface area contributed by atoms with Crippen LogP contribution in [0.1, 0.15) is 19.5 Å². The molecule has 0 spiro atoms. The second kappa shape index (κ2) is 5.78. The Balaban J connectivity index is 2.13. The largest absolute Gasteiger partial charge is 0.347 e. The minimum Gasteiger partial charge on any atom is -0.347 e. The summed E-state index contributed by atoms with van der Waals surface area (Å²) in [5.41, 5.74) is 1.16. The van der Waals surface area contributed by atoms with E-state index in [1.54, 1.807) is 6.33 Å². The second-order valence-electron chi connectivity index (χ2n) is 3.92. The summed E-state index contributed by atoms with van der Waals surface area (Å²) in [5, 5.41) is 3.39. The van der Waals surface area contributed by atoms with Crippen LogP contribution in [0.15, 0.2) is 12.5 Å². The zero-order chi connectivity index (χ0) is 10.4. The van der Waals surface area contributed by atoms with E-state index in [2.05, 4.69) is 41.1 Å². The zero-order valence-electron chi connectivity index (χ0n) is 9.25. The number of H-pyrrole nitrogens is 1. The fraction of sp³-hybridized carbons (Fsp3) is 0.700. The predicted octanol–water partition coefficient (Wildman–Crippen LogP) is 0.839. The van der Waals surface area contributed by atoms with Crippen molar-refractivity contribution in [2.75, 3.05) is 20.1 Å². The molecule has 0 aliphatic rings. The van der Waals surface area contributed by atoms with Gasteiger partial charge in [0.25, 0.3) is 0 Å². The number of hydrogen-bond donors (Lipinski definition) is 2. The van der Waals surface area contributed by atoms with E-state index in [-0.39, 0.29) is 0 Å². The molecule has 0 amide bonds. The van der Waals surface area contributed by atoms with Gasteiger partial charge in [-0.15, -0.1) is 0 Å². The maximum Gasteiger partial charge on any atom is 0.0922 e. The van der Waals surface area contributed by atoms with Crippen LogP contribution in [-0.2, 0) is 6.54 Å². The minimum absolute atomic E-state index is 0.565. The number of nitrogens with zero attached hydrogens (tertiary/aromatic N) is 2. The molecule has 0 fully saturated rings. The lowest BCUT2D eigenvalue weighted by Gasteiger charge is -2.16. The summed E-state index contributed by atoms with van der Waals surface area (Å²) in [4.78, 5) is 9.35. The molecule has 1 aromatic rings. The number of likely N-dealkylation sites (N-methyl/N-ethyl adjacent to an activating group) is 1. The van der Waals surface area contributed by atoms with Crippen molar-refractivity contribution in [3.63, 3.8) is 0 Å². The molecule has 1 aromatic heterocycles. The molecule has 2 N–H and O–H groups in total. The van der Waals surface area contributed by atoms with Gasteiger partial charge in [0.05, 0.1) is 6.33 Å². The summed E-state index contributed by atoms with van der Waals surface area (Å²) in [6.45, 7) is 7.34. The van der Waals surface area contributed by atoms with Crippen LogP contribution in [0, 0.1) is 0 Å². The monoisotopic (exact) mass is 196 g/mol. The van der Waals surface area contributed by atoms with E-state index in [1.807, 2.05) is 6.20 Å². The fourth-order valence-electron chi connectivity index (χ4n) is 1.29. The molecule has 0 saturated carbocycles. The molecule has 4 nitrogen and oxygen atoms in total. The maximum absolute atomic E-state index is 3.99. The Kier molecular flexibility index (Phi) is 4.62. The van der Waals surface area contributed by atoms with E-state index in [0.29, 0.717) is 6.04 Å². The van der Waals surface area contributed by atoms with Gasteiger partial charge < -0.3 is 10.3 Å². The lowest BCUT2D eigenvalue weighted by molar-refractivity contribution is 0.317. The number of rotatable bonds is 6. The molecule has 1 rings (SSSR count). The number of nitrogens with one attached hydrogen (secondary N) is 2. The van der Waals surface area contributed by atoms with Crippen LogP contribution in [0.4, 0.5) is 0 Å². The van der Waals surface area contributed by atoms with E-state index >= 15 is 0 Å². The van der Waals surface area contributed by atoms with Crippen molar-refractivity contribution in [3.8, 4) is 0 Å². The molecule has 0 aliphatic carbocycles. The van der Waals surface area contributed by atoms with Gasteiger partial charge in [0.15, 0.2) is 0 Å². The quantitative estimate of drug-likeness (QED) is 0.708. The molecule has 0 aromatic carbocycles. The van der Waals surface area contributed by atoms with Gasteiger partial charge in [-0.3, -0.25) is 4.90 Å². The van der Waals surface area contributed by atoms with Crippen LogP contribution < -0.4 is 5.32 Å². The minimum atomic E-state index is 0.565. The first-order valence-electron chi connectivity index (χ1n) is 5.07. The first-order valence-corrected chi connectivity index (χ1v) is 5.07. The van der Waals surface area contributed by atoms with Crippen LogP contribution in [0.5, 0.6) is 0 Å². The van der Waals surface area contributed by atoms with Gasteiger partial charge in [-0.2, -0.15) is 0 Å². The first-order chi connectivity index (χ1) is 6.68. The summed E-state index contributed by atoms with van der Waals surface area (Å²) in [7, 11) is 2.11. The third-order valence-electron chi connectivity index (χ3n) is 2.04. The third-order valence-corrected chi connectivity index (χ3v) is 2.04. The highest BCUT2D eigenvalue weighted by Crippen LogP contribution is 1.95. The van der Waals surface area contributed by atoms with Crippen LogP contribution in [-0.4, -0.2) is 41.0 Å². The zero-order valence-corrected chi connectivity index (χ0v) is 9.25. The van der Waals surface area contributed by atoms with Crippen molar-refractivity contribution >= 4 is 0 Å². The highest BCUT2D eigenvalue weighted by Gasteiger charge is 2.00. The number of imidazole rings is 1. The topological polar surface area (TPSA) is 44.0 Å². The number of hydrogen-bond acceptors (Lipinski definition) is 3. The lowest BCUT2D eigenvalue weighted by Crippen LogP contribution is -2.32. The molecule has 0 radical (unpaired) electrons. The van der Waals surface area contributed by atoms with Crippen molar-refractivity contribution < 1.29 is 0 Å². The van der Waals surface area contributed by atoms with E-state index in [9.17, 15) is 0 Å². The highest BCUT2D eigenvalue weighted by molar-refractivity contribution is 4.93. The summed E-state index contributed by atoms with van der Waals surface area (Å²) < 4.78 is 0. The van der Waals surface area contributed by atoms with Gasteiger partial charge in [-0.05, 0) is 7.05 Å². The van der Waals surface area contributed by atoms with Crippen LogP contribution in [0.25, 0.3) is 0 Å². The third kappa shape index (κ3) is 4.39.